The molecule has 0 bridgehead atoms. The van der Waals surface area contributed by atoms with E-state index in [0.29, 0.717) is 23.0 Å². The van der Waals surface area contributed by atoms with Crippen LogP contribution in [0.25, 0.3) is 12.2 Å². The lowest BCUT2D eigenvalue weighted by Gasteiger charge is -2.27. The molecule has 4 aromatic rings. The molecule has 226 valence electrons. The van der Waals surface area contributed by atoms with Gasteiger partial charge in [-0.05, 0) is 71.8 Å². The van der Waals surface area contributed by atoms with Gasteiger partial charge in [0.15, 0.2) is 23.0 Å². The van der Waals surface area contributed by atoms with Crippen LogP contribution in [0.3, 0.4) is 0 Å². The fraction of sp³-hybridized carbons (Fsp3) is 0.167. The maximum Gasteiger partial charge on any atom is 0.251 e. The van der Waals surface area contributed by atoms with Crippen molar-refractivity contribution in [2.75, 3.05) is 51.3 Å². The first-order valence-corrected chi connectivity index (χ1v) is 14.0. The van der Waals surface area contributed by atoms with Gasteiger partial charge in [0.2, 0.25) is 0 Å². The van der Waals surface area contributed by atoms with Gasteiger partial charge in [-0.15, -0.1) is 0 Å². The zero-order chi connectivity index (χ0) is 31.3. The van der Waals surface area contributed by atoms with Crippen LogP contribution in [0, 0.1) is 0 Å². The quantitative estimate of drug-likeness (QED) is 0.165. The first-order valence-electron chi connectivity index (χ1n) is 14.0. The van der Waals surface area contributed by atoms with Gasteiger partial charge in [-0.25, -0.2) is 0 Å². The molecule has 0 aliphatic carbocycles. The molecule has 8 nitrogen and oxygen atoms in total. The van der Waals surface area contributed by atoms with Gasteiger partial charge < -0.3 is 28.7 Å². The molecule has 8 heteroatoms. The maximum atomic E-state index is 13.6. The summed E-state index contributed by atoms with van der Waals surface area (Å²) in [6, 6.07) is 29.6. The molecule has 0 heterocycles. The minimum Gasteiger partial charge on any atom is -0.493 e. The molecular formula is C36H36N2O6. The molecule has 0 N–H and O–H groups in total. The summed E-state index contributed by atoms with van der Waals surface area (Å²) >= 11 is 0. The highest BCUT2D eigenvalue weighted by Crippen LogP contribution is 2.29. The first kappa shape index (κ1) is 31.4. The minimum atomic E-state index is -0.229. The Hall–Kier alpha value is -5.50. The average molecular weight is 593 g/mol. The Labute approximate surface area is 258 Å². The summed E-state index contributed by atoms with van der Waals surface area (Å²) in [5, 5.41) is 0. The first-order chi connectivity index (χ1) is 21.5. The highest BCUT2D eigenvalue weighted by molar-refractivity contribution is 6.05. The van der Waals surface area contributed by atoms with E-state index in [9.17, 15) is 9.59 Å². The molecular weight excluding hydrogens is 556 g/mol. The molecule has 0 radical (unpaired) electrons. The second-order valence-electron chi connectivity index (χ2n) is 9.55. The molecule has 4 rings (SSSR count). The Bertz CT molecular complexity index is 1480. The summed E-state index contributed by atoms with van der Waals surface area (Å²) in [6.45, 7) is 0.508. The van der Waals surface area contributed by atoms with E-state index in [2.05, 4.69) is 0 Å². The second kappa shape index (κ2) is 15.7. The van der Waals surface area contributed by atoms with E-state index in [4.69, 9.17) is 18.9 Å². The zero-order valence-corrected chi connectivity index (χ0v) is 25.3. The van der Waals surface area contributed by atoms with Gasteiger partial charge >= 0.3 is 0 Å². The van der Waals surface area contributed by atoms with Crippen LogP contribution in [0.5, 0.6) is 23.0 Å². The number of anilines is 2. The number of para-hydroxylation sites is 2. The van der Waals surface area contributed by atoms with Crippen LogP contribution >= 0.6 is 0 Å². The SMILES string of the molecule is COc1ccc(/C=C/C(=O)N(CCN(C(=O)/C=C/c2ccc(OC)c(OC)c2)c2ccccc2)c2ccccc2)cc1OC. The van der Waals surface area contributed by atoms with Crippen LogP contribution in [0.15, 0.2) is 109 Å². The summed E-state index contributed by atoms with van der Waals surface area (Å²) < 4.78 is 21.4. The number of amides is 2. The fourth-order valence-electron chi connectivity index (χ4n) is 4.58. The number of carbonyl (C=O) groups is 2. The van der Waals surface area contributed by atoms with Crippen molar-refractivity contribution in [3.05, 3.63) is 120 Å². The van der Waals surface area contributed by atoms with Crippen molar-refractivity contribution in [1.82, 2.24) is 0 Å². The van der Waals surface area contributed by atoms with Crippen LogP contribution in [0.1, 0.15) is 11.1 Å². The van der Waals surface area contributed by atoms with Crippen molar-refractivity contribution < 1.29 is 28.5 Å². The minimum absolute atomic E-state index is 0.229. The second-order valence-corrected chi connectivity index (χ2v) is 9.55. The summed E-state index contributed by atoms with van der Waals surface area (Å²) in [6.07, 6.45) is 6.48. The zero-order valence-electron chi connectivity index (χ0n) is 25.3. The van der Waals surface area contributed by atoms with E-state index in [1.165, 1.54) is 12.2 Å². The predicted octanol–water partition coefficient (Wildman–Crippen LogP) is 6.51. The highest BCUT2D eigenvalue weighted by atomic mass is 16.5. The molecule has 0 spiro atoms. The third kappa shape index (κ3) is 8.07. The van der Waals surface area contributed by atoms with Gasteiger partial charge in [-0.3, -0.25) is 9.59 Å². The van der Waals surface area contributed by atoms with E-state index in [1.807, 2.05) is 72.8 Å². The Morgan fingerprint density at radius 1 is 0.523 bits per heavy atom. The third-order valence-corrected chi connectivity index (χ3v) is 6.87. The van der Waals surface area contributed by atoms with Gasteiger partial charge in [-0.2, -0.15) is 0 Å². The lowest BCUT2D eigenvalue weighted by atomic mass is 10.1. The van der Waals surface area contributed by atoms with Crippen molar-refractivity contribution >= 4 is 35.3 Å². The summed E-state index contributed by atoms with van der Waals surface area (Å²) in [5.74, 6) is 1.89. The van der Waals surface area contributed by atoms with Crippen LogP contribution in [-0.4, -0.2) is 53.3 Å². The standard InChI is InChI=1S/C36H36N2O6/c1-41-31-19-15-27(25-33(31)43-3)17-21-35(39)37(29-11-7-5-8-12-29)23-24-38(30-13-9-6-10-14-30)36(40)22-18-28-16-20-32(42-2)34(26-28)44-4/h5-22,25-26H,23-24H2,1-4H3/b21-17+,22-18+. The maximum absolute atomic E-state index is 13.6. The Balaban J connectivity index is 1.57. The van der Waals surface area contributed by atoms with E-state index >= 15 is 0 Å². The lowest BCUT2D eigenvalue weighted by Crippen LogP contribution is -2.40. The molecule has 0 saturated heterocycles. The molecule has 2 amide bonds. The molecule has 0 unspecified atom stereocenters. The van der Waals surface area contributed by atoms with Gasteiger partial charge in [-0.1, -0.05) is 48.5 Å². The largest absolute Gasteiger partial charge is 0.493 e. The summed E-state index contributed by atoms with van der Waals surface area (Å²) in [4.78, 5) is 30.5. The van der Waals surface area contributed by atoms with Gasteiger partial charge in [0.25, 0.3) is 11.8 Å². The summed E-state index contributed by atoms with van der Waals surface area (Å²) in [5.41, 5.74) is 3.00. The fourth-order valence-corrected chi connectivity index (χ4v) is 4.58. The van der Waals surface area contributed by atoms with Crippen molar-refractivity contribution in [1.29, 1.82) is 0 Å². The van der Waals surface area contributed by atoms with Crippen molar-refractivity contribution in [3.8, 4) is 23.0 Å². The molecule has 0 aromatic heterocycles. The molecule has 0 saturated carbocycles. The molecule has 44 heavy (non-hydrogen) atoms. The third-order valence-electron chi connectivity index (χ3n) is 6.87. The number of carbonyl (C=O) groups excluding carboxylic acids is 2. The lowest BCUT2D eigenvalue weighted by molar-refractivity contribution is -0.115. The van der Waals surface area contributed by atoms with Crippen LogP contribution < -0.4 is 28.7 Å². The van der Waals surface area contributed by atoms with E-state index in [-0.39, 0.29) is 24.9 Å². The Morgan fingerprint density at radius 3 is 1.23 bits per heavy atom. The van der Waals surface area contributed by atoms with Crippen LogP contribution in [0.2, 0.25) is 0 Å². The number of hydrogen-bond acceptors (Lipinski definition) is 6. The molecule has 0 fully saturated rings. The van der Waals surface area contributed by atoms with Crippen molar-refractivity contribution in [2.45, 2.75) is 0 Å². The Kier molecular flexibility index (Phi) is 11.2. The van der Waals surface area contributed by atoms with Crippen LogP contribution in [0.4, 0.5) is 11.4 Å². The van der Waals surface area contributed by atoms with Gasteiger partial charge in [0.1, 0.15) is 0 Å². The summed E-state index contributed by atoms with van der Waals surface area (Å²) in [7, 11) is 6.28. The van der Waals surface area contributed by atoms with E-state index < -0.39 is 0 Å². The van der Waals surface area contributed by atoms with Crippen molar-refractivity contribution in [3.63, 3.8) is 0 Å². The Morgan fingerprint density at radius 2 is 0.886 bits per heavy atom. The average Bonchev–Trinajstić information content (AvgIpc) is 3.08. The number of nitrogens with zero attached hydrogens (tertiary/aromatic N) is 2. The monoisotopic (exact) mass is 592 g/mol. The molecule has 0 aliphatic heterocycles. The van der Waals surface area contributed by atoms with Gasteiger partial charge in [0.05, 0.1) is 28.4 Å². The number of rotatable bonds is 13. The normalized spacial score (nSPS) is 10.9. The number of methoxy groups -OCH3 is 4. The predicted molar refractivity (Wildman–Crippen MR) is 175 cm³/mol. The van der Waals surface area contributed by atoms with Gasteiger partial charge in [0, 0.05) is 36.6 Å². The van der Waals surface area contributed by atoms with Crippen LogP contribution in [-0.2, 0) is 9.59 Å². The van der Waals surface area contributed by atoms with E-state index in [0.717, 1.165) is 22.5 Å². The molecule has 0 aliphatic rings. The smallest absolute Gasteiger partial charge is 0.251 e. The topological polar surface area (TPSA) is 77.5 Å². The molecule has 0 atom stereocenters. The van der Waals surface area contributed by atoms with E-state index in [1.54, 1.807) is 74.7 Å². The number of ether oxygens (including phenoxy) is 4. The highest BCUT2D eigenvalue weighted by Gasteiger charge is 2.19. The number of hydrogen-bond donors (Lipinski definition) is 0. The molecule has 4 aromatic carbocycles. The van der Waals surface area contributed by atoms with Crippen molar-refractivity contribution in [2.24, 2.45) is 0 Å². The number of benzene rings is 4.